The van der Waals surface area contributed by atoms with E-state index >= 15 is 0 Å². The quantitative estimate of drug-likeness (QED) is 0.100. The number of benzene rings is 1. The number of rotatable bonds is 12. The Hall–Kier alpha value is -2.11. The molecule has 0 amide bonds. The summed E-state index contributed by atoms with van der Waals surface area (Å²) in [5.74, 6) is -0.754. The smallest absolute Gasteiger partial charge is 0.303 e. The van der Waals surface area contributed by atoms with Crippen molar-refractivity contribution in [1.29, 1.82) is 0 Å². The van der Waals surface area contributed by atoms with Crippen LogP contribution >= 0.6 is 0 Å². The van der Waals surface area contributed by atoms with Crippen LogP contribution in [0.25, 0.3) is 0 Å². The maximum atomic E-state index is 10.9. The van der Waals surface area contributed by atoms with Crippen LogP contribution in [0.5, 0.6) is 5.75 Å². The maximum Gasteiger partial charge on any atom is 0.303 e. The second-order valence-corrected chi connectivity index (χ2v) is 11.0. The van der Waals surface area contributed by atoms with E-state index in [1.165, 1.54) is 12.1 Å². The molecule has 15 unspecified atom stereocenters. The van der Waals surface area contributed by atoms with E-state index in [0.29, 0.717) is 5.56 Å². The Bertz CT molecular complexity index is 1070. The molecule has 3 fully saturated rings. The molecule has 3 aliphatic rings. The van der Waals surface area contributed by atoms with E-state index in [1.807, 2.05) is 0 Å². The van der Waals surface area contributed by atoms with Gasteiger partial charge in [-0.1, -0.05) is 12.1 Å². The minimum absolute atomic E-state index is 0.0716. The first kappa shape index (κ1) is 35.7. The molecule has 0 spiro atoms. The fourth-order valence-electron chi connectivity index (χ4n) is 5.26. The zero-order valence-corrected chi connectivity index (χ0v) is 23.8. The predicted octanol–water partition coefficient (Wildman–Crippen LogP) is -5.47. The van der Waals surface area contributed by atoms with Crippen molar-refractivity contribution < 1.29 is 89.4 Å². The van der Waals surface area contributed by atoms with E-state index in [-0.39, 0.29) is 18.6 Å². The molecule has 0 aromatic heterocycles. The van der Waals surface area contributed by atoms with E-state index in [2.05, 4.69) is 0 Å². The summed E-state index contributed by atoms with van der Waals surface area (Å²) < 4.78 is 33.2. The number of hydrogen-bond donors (Lipinski definition) is 11. The highest BCUT2D eigenvalue weighted by Crippen LogP contribution is 2.33. The Morgan fingerprint density at radius 3 is 1.53 bits per heavy atom. The largest absolute Gasteiger partial charge is 0.481 e. The molecule has 4 rings (SSSR count). The fourth-order valence-corrected chi connectivity index (χ4v) is 5.26. The molecule has 18 nitrogen and oxygen atoms in total. The summed E-state index contributed by atoms with van der Waals surface area (Å²) in [4.78, 5) is 10.8. The molecule has 11 N–H and O–H groups in total. The second-order valence-electron chi connectivity index (χ2n) is 11.0. The third-order valence-corrected chi connectivity index (χ3v) is 7.88. The van der Waals surface area contributed by atoms with Crippen molar-refractivity contribution in [2.24, 2.45) is 0 Å². The second kappa shape index (κ2) is 15.7. The van der Waals surface area contributed by atoms with Crippen LogP contribution in [-0.4, -0.2) is 174 Å². The van der Waals surface area contributed by atoms with E-state index in [1.54, 1.807) is 12.1 Å². The third kappa shape index (κ3) is 8.07. The Morgan fingerprint density at radius 2 is 1.04 bits per heavy atom. The number of aliphatic hydroxyl groups is 10. The van der Waals surface area contributed by atoms with Gasteiger partial charge in [0.25, 0.3) is 0 Å². The van der Waals surface area contributed by atoms with Crippen LogP contribution in [0.4, 0.5) is 0 Å². The zero-order chi connectivity index (χ0) is 33.0. The lowest BCUT2D eigenvalue weighted by Crippen LogP contribution is -2.66. The highest BCUT2D eigenvalue weighted by molar-refractivity contribution is 5.67. The van der Waals surface area contributed by atoms with Crippen LogP contribution in [0.1, 0.15) is 12.0 Å². The van der Waals surface area contributed by atoms with Gasteiger partial charge in [0.05, 0.1) is 19.8 Å². The van der Waals surface area contributed by atoms with E-state index in [9.17, 15) is 55.9 Å². The number of ether oxygens (including phenoxy) is 6. The lowest BCUT2D eigenvalue weighted by Gasteiger charge is -2.48. The first-order valence-corrected chi connectivity index (χ1v) is 14.2. The van der Waals surface area contributed by atoms with Crippen molar-refractivity contribution >= 4 is 5.97 Å². The summed E-state index contributed by atoms with van der Waals surface area (Å²) in [7, 11) is 0. The normalized spacial score (nSPS) is 42.3. The van der Waals surface area contributed by atoms with Crippen LogP contribution in [0.15, 0.2) is 24.3 Å². The first-order chi connectivity index (χ1) is 21.4. The predicted molar refractivity (Wildman–Crippen MR) is 142 cm³/mol. The van der Waals surface area contributed by atoms with Crippen LogP contribution in [0.2, 0.25) is 0 Å². The van der Waals surface area contributed by atoms with Crippen LogP contribution in [0.3, 0.4) is 0 Å². The molecular formula is C27H40O18. The van der Waals surface area contributed by atoms with Gasteiger partial charge >= 0.3 is 5.97 Å². The van der Waals surface area contributed by atoms with E-state index in [4.69, 9.17) is 33.5 Å². The Morgan fingerprint density at radius 1 is 0.600 bits per heavy atom. The van der Waals surface area contributed by atoms with Crippen molar-refractivity contribution in [1.82, 2.24) is 0 Å². The molecule has 0 aliphatic carbocycles. The number of aryl methyl sites for hydroxylation is 1. The Balaban J connectivity index is 1.40. The minimum atomic E-state index is -1.94. The Kier molecular flexibility index (Phi) is 12.4. The monoisotopic (exact) mass is 652 g/mol. The van der Waals surface area contributed by atoms with Gasteiger partial charge < -0.3 is 84.6 Å². The summed E-state index contributed by atoms with van der Waals surface area (Å²) in [6.45, 7) is -2.36. The topological polar surface area (TPSA) is 295 Å². The van der Waals surface area contributed by atoms with Crippen LogP contribution < -0.4 is 4.74 Å². The summed E-state index contributed by atoms with van der Waals surface area (Å²) in [6.07, 6.45) is -24.9. The van der Waals surface area contributed by atoms with Gasteiger partial charge in [0.15, 0.2) is 12.6 Å². The van der Waals surface area contributed by atoms with Gasteiger partial charge in [-0.05, 0) is 24.1 Å². The van der Waals surface area contributed by atoms with Gasteiger partial charge in [0.1, 0.15) is 79.0 Å². The lowest BCUT2D eigenvalue weighted by molar-refractivity contribution is -0.376. The highest BCUT2D eigenvalue weighted by Gasteiger charge is 2.53. The number of hydrogen-bond acceptors (Lipinski definition) is 17. The van der Waals surface area contributed by atoms with Crippen molar-refractivity contribution in [2.75, 3.05) is 19.8 Å². The van der Waals surface area contributed by atoms with Crippen molar-refractivity contribution in [3.8, 4) is 5.75 Å². The van der Waals surface area contributed by atoms with Gasteiger partial charge in [0.2, 0.25) is 6.29 Å². The fraction of sp³-hybridized carbons (Fsp3) is 0.741. The lowest BCUT2D eigenvalue weighted by atomic mass is 9.96. The van der Waals surface area contributed by atoms with Crippen molar-refractivity contribution in [2.45, 2.75) is 105 Å². The minimum Gasteiger partial charge on any atom is -0.481 e. The maximum absolute atomic E-state index is 10.9. The molecule has 1 aromatic rings. The average molecular weight is 653 g/mol. The summed E-state index contributed by atoms with van der Waals surface area (Å²) in [6, 6.07) is 6.22. The molecule has 0 radical (unpaired) electrons. The third-order valence-electron chi connectivity index (χ3n) is 7.88. The number of aliphatic hydroxyl groups excluding tert-OH is 10. The van der Waals surface area contributed by atoms with E-state index < -0.39 is 118 Å². The molecule has 3 heterocycles. The van der Waals surface area contributed by atoms with Gasteiger partial charge in [0, 0.05) is 6.42 Å². The molecule has 1 aromatic carbocycles. The Labute approximate surface area is 256 Å². The number of carbonyl (C=O) groups is 1. The molecular weight excluding hydrogens is 612 g/mol. The zero-order valence-electron chi connectivity index (χ0n) is 23.8. The van der Waals surface area contributed by atoms with Crippen LogP contribution in [0, 0.1) is 0 Å². The number of carboxylic acid groups (broad SMARTS) is 1. The molecule has 3 aliphatic heterocycles. The van der Waals surface area contributed by atoms with Gasteiger partial charge in [-0.25, -0.2) is 0 Å². The first-order valence-electron chi connectivity index (χ1n) is 14.2. The van der Waals surface area contributed by atoms with E-state index in [0.717, 1.165) is 0 Å². The average Bonchev–Trinajstić information content (AvgIpc) is 3.03. The SMILES string of the molecule is O=C(O)CCc1ccc(OC2OC(CO)C(OC3OC(CO)C(OC4OC(CO)C(O)C(O)C4O)C(O)C3O)C(O)C2O)cc1. The van der Waals surface area contributed by atoms with Crippen LogP contribution in [-0.2, 0) is 34.9 Å². The molecule has 0 saturated carbocycles. The molecule has 15 atom stereocenters. The highest BCUT2D eigenvalue weighted by atomic mass is 16.8. The molecule has 3 saturated heterocycles. The summed E-state index contributed by atoms with van der Waals surface area (Å²) in [5, 5.41) is 112. The van der Waals surface area contributed by atoms with Gasteiger partial charge in [-0.2, -0.15) is 0 Å². The molecule has 256 valence electrons. The van der Waals surface area contributed by atoms with Gasteiger partial charge in [-0.3, -0.25) is 4.79 Å². The number of aliphatic carboxylic acids is 1. The van der Waals surface area contributed by atoms with Gasteiger partial charge in [-0.15, -0.1) is 0 Å². The number of carboxylic acids is 1. The molecule has 0 bridgehead atoms. The molecule has 18 heteroatoms. The van der Waals surface area contributed by atoms with Crippen molar-refractivity contribution in [3.63, 3.8) is 0 Å². The van der Waals surface area contributed by atoms with Crippen molar-refractivity contribution in [3.05, 3.63) is 29.8 Å². The molecule has 45 heavy (non-hydrogen) atoms. The summed E-state index contributed by atoms with van der Waals surface area (Å²) >= 11 is 0. The standard InChI is InChI=1S/C27H40O18/c28-7-12-16(33)17(34)20(37)26(41-12)44-24-14(9-30)43-27(22(39)19(24)36)45-23-13(8-29)42-25(21(38)18(23)35)40-11-4-1-10(2-5-11)3-6-15(31)32/h1-2,4-5,12-14,16-30,33-39H,3,6-9H2,(H,31,32). The summed E-state index contributed by atoms with van der Waals surface area (Å²) in [5.41, 5.74) is 0.715.